The average Bonchev–Trinajstić information content (AvgIpc) is 3.14. The van der Waals surface area contributed by atoms with Crippen molar-refractivity contribution in [3.05, 3.63) is 52.0 Å². The molecule has 0 aliphatic carbocycles. The molecule has 2 aromatic rings. The molecule has 8 heteroatoms. The lowest BCUT2D eigenvalue weighted by Gasteiger charge is -2.20. The number of nitrogens with zero attached hydrogens (tertiary/aromatic N) is 1. The number of amides is 1. The molecule has 3 rings (SSSR count). The van der Waals surface area contributed by atoms with Gasteiger partial charge in [0.15, 0.2) is 13.6 Å². The van der Waals surface area contributed by atoms with Crippen LogP contribution in [0.2, 0.25) is 5.02 Å². The zero-order chi connectivity index (χ0) is 20.1. The molecule has 0 spiro atoms. The molecular formula is C20H23ClN2O5. The molecule has 1 aliphatic heterocycles. The number of carbonyl (C=O) groups is 1. The van der Waals surface area contributed by atoms with Crippen molar-refractivity contribution in [3.63, 3.8) is 0 Å². The van der Waals surface area contributed by atoms with Gasteiger partial charge < -0.3 is 29.2 Å². The van der Waals surface area contributed by atoms with E-state index in [1.165, 1.54) is 14.2 Å². The van der Waals surface area contributed by atoms with Crippen LogP contribution in [0.1, 0.15) is 21.5 Å². The maximum Gasteiger partial charge on any atom is 0.259 e. The first kappa shape index (κ1) is 20.3. The molecule has 0 saturated carbocycles. The lowest BCUT2D eigenvalue weighted by molar-refractivity contribution is 0.0449. The molecule has 1 aliphatic rings. The zero-order valence-electron chi connectivity index (χ0n) is 16.1. The van der Waals surface area contributed by atoms with Crippen LogP contribution < -0.4 is 14.8 Å². The number of hydrogen-bond donors (Lipinski definition) is 1. The van der Waals surface area contributed by atoms with E-state index in [0.29, 0.717) is 24.6 Å². The summed E-state index contributed by atoms with van der Waals surface area (Å²) < 4.78 is 20.9. The first-order valence-electron chi connectivity index (χ1n) is 8.73. The summed E-state index contributed by atoms with van der Waals surface area (Å²) in [5.41, 5.74) is 3.50. The number of nitrogens with one attached hydrogen (secondary N) is 1. The molecule has 7 nitrogen and oxygen atoms in total. The minimum Gasteiger partial charge on any atom is -0.467 e. The number of fused-ring (bicyclic) bond motifs is 1. The topological polar surface area (TPSA) is 69.3 Å². The maximum atomic E-state index is 13.3. The minimum absolute atomic E-state index is 0.0194. The van der Waals surface area contributed by atoms with Gasteiger partial charge in [-0.3, -0.25) is 4.79 Å². The highest BCUT2D eigenvalue weighted by atomic mass is 35.5. The summed E-state index contributed by atoms with van der Waals surface area (Å²) in [6.45, 7) is 1.04. The van der Waals surface area contributed by atoms with E-state index in [1.807, 2.05) is 25.2 Å². The molecule has 1 amide bonds. The van der Waals surface area contributed by atoms with E-state index >= 15 is 0 Å². The van der Waals surface area contributed by atoms with Gasteiger partial charge in [-0.05, 0) is 23.3 Å². The summed E-state index contributed by atoms with van der Waals surface area (Å²) in [6, 6.07) is 9.18. The number of hydrogen-bond acceptors (Lipinski definition) is 6. The maximum absolute atomic E-state index is 13.3. The normalized spacial score (nSPS) is 12.6. The van der Waals surface area contributed by atoms with Crippen LogP contribution in [0.5, 0.6) is 11.5 Å². The van der Waals surface area contributed by atoms with E-state index in [9.17, 15) is 4.79 Å². The van der Waals surface area contributed by atoms with Gasteiger partial charge in [0, 0.05) is 46.1 Å². The standard InChI is InChI=1S/C20H23ClN2O5/c1-22-17-6-4-5-13-9-23(10-15(13)17)20(24)19-16(21)7-14(27-11-25-2)8-18(19)28-12-26-3/h4-8,22H,9-12H2,1-3H3. The van der Waals surface area contributed by atoms with Crippen LogP contribution in [0.15, 0.2) is 30.3 Å². The monoisotopic (exact) mass is 406 g/mol. The van der Waals surface area contributed by atoms with Gasteiger partial charge in [-0.1, -0.05) is 23.7 Å². The fourth-order valence-electron chi connectivity index (χ4n) is 3.17. The Labute approximate surface area is 169 Å². The fraction of sp³-hybridized carbons (Fsp3) is 0.350. The van der Waals surface area contributed by atoms with Crippen LogP contribution in [-0.4, -0.2) is 45.7 Å². The second-order valence-corrected chi connectivity index (χ2v) is 6.64. The van der Waals surface area contributed by atoms with Gasteiger partial charge in [-0.2, -0.15) is 0 Å². The van der Waals surface area contributed by atoms with Crippen molar-refractivity contribution < 1.29 is 23.7 Å². The van der Waals surface area contributed by atoms with Crippen molar-refractivity contribution >= 4 is 23.2 Å². The number of carbonyl (C=O) groups excluding carboxylic acids is 1. The van der Waals surface area contributed by atoms with E-state index in [0.717, 1.165) is 16.8 Å². The molecule has 0 atom stereocenters. The van der Waals surface area contributed by atoms with Gasteiger partial charge in [0.05, 0.1) is 5.02 Å². The van der Waals surface area contributed by atoms with E-state index in [-0.39, 0.29) is 30.1 Å². The zero-order valence-corrected chi connectivity index (χ0v) is 16.8. The summed E-state index contributed by atoms with van der Waals surface area (Å²) in [5.74, 6) is 0.527. The van der Waals surface area contributed by atoms with E-state index in [1.54, 1.807) is 17.0 Å². The highest BCUT2D eigenvalue weighted by Crippen LogP contribution is 2.36. The number of anilines is 1. The second kappa shape index (κ2) is 9.14. The van der Waals surface area contributed by atoms with Gasteiger partial charge >= 0.3 is 0 Å². The third-order valence-corrected chi connectivity index (χ3v) is 4.76. The van der Waals surface area contributed by atoms with Crippen LogP contribution in [0.3, 0.4) is 0 Å². The van der Waals surface area contributed by atoms with Crippen LogP contribution >= 0.6 is 11.6 Å². The Morgan fingerprint density at radius 1 is 1.14 bits per heavy atom. The summed E-state index contributed by atoms with van der Waals surface area (Å²) in [5, 5.41) is 3.42. The first-order chi connectivity index (χ1) is 13.6. The molecule has 2 aromatic carbocycles. The van der Waals surface area contributed by atoms with Gasteiger partial charge in [-0.25, -0.2) is 0 Å². The van der Waals surface area contributed by atoms with Crippen molar-refractivity contribution in [1.82, 2.24) is 4.90 Å². The molecule has 0 aromatic heterocycles. The quantitative estimate of drug-likeness (QED) is 0.676. The SMILES string of the molecule is CNc1cccc2c1CN(C(=O)c1c(Cl)cc(OCOC)cc1OCOC)C2. The van der Waals surface area contributed by atoms with Crippen molar-refractivity contribution in [2.75, 3.05) is 40.2 Å². The smallest absolute Gasteiger partial charge is 0.259 e. The van der Waals surface area contributed by atoms with Gasteiger partial charge in [0.25, 0.3) is 5.91 Å². The Bertz CT molecular complexity index is 859. The predicted octanol–water partition coefficient (Wildman–Crippen LogP) is 3.50. The lowest BCUT2D eigenvalue weighted by Crippen LogP contribution is -2.26. The molecule has 150 valence electrons. The van der Waals surface area contributed by atoms with E-state index < -0.39 is 0 Å². The molecule has 1 heterocycles. The van der Waals surface area contributed by atoms with Crippen molar-refractivity contribution in [2.45, 2.75) is 13.1 Å². The number of ether oxygens (including phenoxy) is 4. The molecule has 28 heavy (non-hydrogen) atoms. The molecule has 0 bridgehead atoms. The number of methoxy groups -OCH3 is 2. The Morgan fingerprint density at radius 2 is 1.89 bits per heavy atom. The molecule has 0 radical (unpaired) electrons. The van der Waals surface area contributed by atoms with Gasteiger partial charge in [0.2, 0.25) is 0 Å². The molecule has 0 saturated heterocycles. The number of rotatable bonds is 8. The molecule has 0 fully saturated rings. The lowest BCUT2D eigenvalue weighted by atomic mass is 10.1. The minimum atomic E-state index is -0.215. The fourth-order valence-corrected chi connectivity index (χ4v) is 3.45. The van der Waals surface area contributed by atoms with Crippen molar-refractivity contribution in [1.29, 1.82) is 0 Å². The molecular weight excluding hydrogens is 384 g/mol. The number of benzene rings is 2. The first-order valence-corrected chi connectivity index (χ1v) is 9.11. The predicted molar refractivity (Wildman–Crippen MR) is 106 cm³/mol. The van der Waals surface area contributed by atoms with Crippen molar-refractivity contribution in [2.24, 2.45) is 0 Å². The van der Waals surface area contributed by atoms with E-state index in [2.05, 4.69) is 5.32 Å². The highest BCUT2D eigenvalue weighted by molar-refractivity contribution is 6.34. The second-order valence-electron chi connectivity index (χ2n) is 6.23. The Morgan fingerprint density at radius 3 is 2.61 bits per heavy atom. The van der Waals surface area contributed by atoms with Crippen LogP contribution in [0, 0.1) is 0 Å². The summed E-state index contributed by atoms with van der Waals surface area (Å²) in [4.78, 5) is 15.0. The summed E-state index contributed by atoms with van der Waals surface area (Å²) in [6.07, 6.45) is 0. The van der Waals surface area contributed by atoms with E-state index in [4.69, 9.17) is 30.5 Å². The van der Waals surface area contributed by atoms with Crippen LogP contribution in [-0.2, 0) is 22.6 Å². The van der Waals surface area contributed by atoms with Gasteiger partial charge in [0.1, 0.15) is 17.1 Å². The highest BCUT2D eigenvalue weighted by Gasteiger charge is 2.30. The number of halogens is 1. The largest absolute Gasteiger partial charge is 0.467 e. The molecule has 1 N–H and O–H groups in total. The third-order valence-electron chi connectivity index (χ3n) is 4.46. The van der Waals surface area contributed by atoms with Crippen LogP contribution in [0.25, 0.3) is 0 Å². The third kappa shape index (κ3) is 4.16. The Hall–Kier alpha value is -2.48. The Balaban J connectivity index is 1.90. The van der Waals surface area contributed by atoms with Gasteiger partial charge in [-0.15, -0.1) is 0 Å². The van der Waals surface area contributed by atoms with Crippen molar-refractivity contribution in [3.8, 4) is 11.5 Å². The average molecular weight is 407 g/mol. The Kier molecular flexibility index (Phi) is 6.61. The summed E-state index contributed by atoms with van der Waals surface area (Å²) >= 11 is 6.43. The van der Waals surface area contributed by atoms with Crippen LogP contribution in [0.4, 0.5) is 5.69 Å². The molecule has 0 unspecified atom stereocenters. The summed E-state index contributed by atoms with van der Waals surface area (Å²) in [7, 11) is 4.89.